The third kappa shape index (κ3) is 5.00. The highest BCUT2D eigenvalue weighted by Crippen LogP contribution is 2.41. The molecule has 0 spiro atoms. The zero-order valence-electron chi connectivity index (χ0n) is 20.9. The Bertz CT molecular complexity index is 1750. The van der Waals surface area contributed by atoms with E-state index < -0.39 is 5.82 Å². The first-order chi connectivity index (χ1) is 19.0. The summed E-state index contributed by atoms with van der Waals surface area (Å²) in [5.41, 5.74) is 8.54. The van der Waals surface area contributed by atoms with Gasteiger partial charge in [0, 0.05) is 23.4 Å². The second-order valence-corrected chi connectivity index (χ2v) is 9.35. The molecule has 0 saturated heterocycles. The van der Waals surface area contributed by atoms with Crippen LogP contribution in [0.5, 0.6) is 11.5 Å². The van der Waals surface area contributed by atoms with Crippen molar-refractivity contribution in [3.8, 4) is 67.3 Å². The number of pyridine rings is 1. The van der Waals surface area contributed by atoms with Gasteiger partial charge in [-0.3, -0.25) is 4.98 Å². The molecule has 39 heavy (non-hydrogen) atoms. The molecular formula is C35H24FNO2. The summed E-state index contributed by atoms with van der Waals surface area (Å²) in [5.74, 6) is -0.622. The summed E-state index contributed by atoms with van der Waals surface area (Å²) in [5, 5.41) is 20.3. The molecule has 4 heteroatoms. The summed E-state index contributed by atoms with van der Waals surface area (Å²) in [6.07, 6.45) is 1.81. The smallest absolute Gasteiger partial charge is 0.123 e. The Morgan fingerprint density at radius 1 is 0.436 bits per heavy atom. The van der Waals surface area contributed by atoms with Crippen molar-refractivity contribution in [2.75, 3.05) is 0 Å². The van der Waals surface area contributed by atoms with Crippen LogP contribution in [0.2, 0.25) is 0 Å². The Morgan fingerprint density at radius 3 is 1.67 bits per heavy atom. The van der Waals surface area contributed by atoms with Gasteiger partial charge in [-0.1, -0.05) is 91.0 Å². The minimum atomic E-state index is -0.417. The third-order valence-corrected chi connectivity index (χ3v) is 6.76. The van der Waals surface area contributed by atoms with Crippen LogP contribution in [-0.2, 0) is 0 Å². The average Bonchev–Trinajstić information content (AvgIpc) is 2.97. The summed E-state index contributed by atoms with van der Waals surface area (Å²) in [6.45, 7) is 0. The molecule has 0 aliphatic rings. The van der Waals surface area contributed by atoms with E-state index >= 15 is 0 Å². The highest BCUT2D eigenvalue weighted by atomic mass is 19.1. The van der Waals surface area contributed by atoms with Gasteiger partial charge in [-0.2, -0.15) is 0 Å². The number of phenolic OH excluding ortho intramolecular Hbond substituents is 2. The molecule has 0 bridgehead atoms. The van der Waals surface area contributed by atoms with Gasteiger partial charge in [0.05, 0.1) is 5.69 Å². The van der Waals surface area contributed by atoms with Crippen molar-refractivity contribution >= 4 is 0 Å². The number of aromatic nitrogens is 1. The molecule has 0 fully saturated rings. The van der Waals surface area contributed by atoms with Crippen molar-refractivity contribution in [3.05, 3.63) is 139 Å². The lowest BCUT2D eigenvalue weighted by Gasteiger charge is -2.17. The van der Waals surface area contributed by atoms with E-state index in [1.807, 2.05) is 54.7 Å². The maximum absolute atomic E-state index is 14.5. The van der Waals surface area contributed by atoms with E-state index in [4.69, 9.17) is 4.98 Å². The lowest BCUT2D eigenvalue weighted by atomic mass is 9.89. The number of nitrogens with zero attached hydrogens (tertiary/aromatic N) is 1. The van der Waals surface area contributed by atoms with Gasteiger partial charge in [0.2, 0.25) is 0 Å². The van der Waals surface area contributed by atoms with Crippen molar-refractivity contribution in [2.45, 2.75) is 0 Å². The van der Waals surface area contributed by atoms with E-state index in [2.05, 4.69) is 42.5 Å². The highest BCUT2D eigenvalue weighted by Gasteiger charge is 2.17. The van der Waals surface area contributed by atoms with Crippen molar-refractivity contribution in [1.29, 1.82) is 0 Å². The molecule has 5 aromatic carbocycles. The summed E-state index contributed by atoms with van der Waals surface area (Å²) in [7, 11) is 0. The second kappa shape index (κ2) is 10.3. The molecule has 0 unspecified atom stereocenters. The number of hydrogen-bond donors (Lipinski definition) is 2. The summed E-state index contributed by atoms with van der Waals surface area (Å²) >= 11 is 0. The van der Waals surface area contributed by atoms with Crippen LogP contribution in [0.15, 0.2) is 134 Å². The zero-order chi connectivity index (χ0) is 26.8. The lowest BCUT2D eigenvalue weighted by molar-refractivity contribution is 0.451. The molecular weight excluding hydrogens is 485 g/mol. The van der Waals surface area contributed by atoms with Crippen LogP contribution in [0.3, 0.4) is 0 Å². The van der Waals surface area contributed by atoms with Crippen molar-refractivity contribution in [1.82, 2.24) is 4.98 Å². The largest absolute Gasteiger partial charge is 0.508 e. The quantitative estimate of drug-likeness (QED) is 0.244. The van der Waals surface area contributed by atoms with Gasteiger partial charge in [-0.15, -0.1) is 0 Å². The van der Waals surface area contributed by atoms with Gasteiger partial charge in [0.15, 0.2) is 0 Å². The molecule has 1 heterocycles. The Balaban J connectivity index is 1.55. The first-order valence-electron chi connectivity index (χ1n) is 12.6. The van der Waals surface area contributed by atoms with Gasteiger partial charge in [0.1, 0.15) is 17.3 Å². The molecule has 0 saturated carbocycles. The number of halogens is 1. The molecule has 2 N–H and O–H groups in total. The fraction of sp³-hybridized carbons (Fsp3) is 0. The van der Waals surface area contributed by atoms with Crippen LogP contribution < -0.4 is 0 Å². The Morgan fingerprint density at radius 2 is 1.00 bits per heavy atom. The van der Waals surface area contributed by atoms with E-state index in [0.717, 1.165) is 44.6 Å². The van der Waals surface area contributed by atoms with E-state index in [1.54, 1.807) is 6.07 Å². The van der Waals surface area contributed by atoms with Gasteiger partial charge in [-0.05, 0) is 69.3 Å². The van der Waals surface area contributed by atoms with E-state index in [0.29, 0.717) is 11.1 Å². The average molecular weight is 510 g/mol. The Kier molecular flexibility index (Phi) is 6.36. The summed E-state index contributed by atoms with van der Waals surface area (Å²) in [4.78, 5) is 4.78. The monoisotopic (exact) mass is 509 g/mol. The van der Waals surface area contributed by atoms with Crippen LogP contribution in [0.1, 0.15) is 0 Å². The fourth-order valence-electron chi connectivity index (χ4n) is 4.89. The maximum atomic E-state index is 14.5. The zero-order valence-corrected chi connectivity index (χ0v) is 20.9. The molecule has 3 nitrogen and oxygen atoms in total. The van der Waals surface area contributed by atoms with Crippen LogP contribution in [0.25, 0.3) is 55.8 Å². The van der Waals surface area contributed by atoms with Crippen molar-refractivity contribution < 1.29 is 14.6 Å². The number of hydrogen-bond acceptors (Lipinski definition) is 3. The molecule has 6 rings (SSSR count). The first-order valence-corrected chi connectivity index (χ1v) is 12.6. The van der Waals surface area contributed by atoms with Gasteiger partial charge < -0.3 is 10.2 Å². The number of aromatic hydroxyl groups is 2. The van der Waals surface area contributed by atoms with Gasteiger partial charge in [-0.25, -0.2) is 4.39 Å². The van der Waals surface area contributed by atoms with Crippen molar-refractivity contribution in [2.24, 2.45) is 0 Å². The third-order valence-electron chi connectivity index (χ3n) is 6.76. The molecule has 6 aromatic rings. The Hall–Kier alpha value is -5.22. The second-order valence-electron chi connectivity index (χ2n) is 9.35. The molecule has 0 aliphatic heterocycles. The van der Waals surface area contributed by atoms with Crippen LogP contribution >= 0.6 is 0 Å². The normalized spacial score (nSPS) is 10.9. The number of phenols is 2. The molecule has 0 aliphatic carbocycles. The molecule has 1 aromatic heterocycles. The Labute approximate surface area is 226 Å². The van der Waals surface area contributed by atoms with E-state index in [1.165, 1.54) is 30.3 Å². The first kappa shape index (κ1) is 24.1. The molecule has 0 amide bonds. The fourth-order valence-corrected chi connectivity index (χ4v) is 4.89. The minimum Gasteiger partial charge on any atom is -0.508 e. The van der Waals surface area contributed by atoms with E-state index in [-0.39, 0.29) is 11.5 Å². The summed E-state index contributed by atoms with van der Waals surface area (Å²) in [6, 6.07) is 39.4. The summed E-state index contributed by atoms with van der Waals surface area (Å²) < 4.78 is 14.5. The number of benzene rings is 5. The van der Waals surface area contributed by atoms with Crippen molar-refractivity contribution in [3.63, 3.8) is 0 Å². The predicted molar refractivity (Wildman–Crippen MR) is 155 cm³/mol. The van der Waals surface area contributed by atoms with Gasteiger partial charge >= 0.3 is 0 Å². The SMILES string of the molecule is Oc1cc(O)cc(-c2cc(F)ccc2-c2cnc(-c3ccccc3)cc2-c2ccc(-c3ccccc3)cc2)c1. The molecule has 0 atom stereocenters. The van der Waals surface area contributed by atoms with Gasteiger partial charge in [0.25, 0.3) is 0 Å². The minimum absolute atomic E-state index is 0.102. The topological polar surface area (TPSA) is 53.4 Å². The van der Waals surface area contributed by atoms with E-state index in [9.17, 15) is 14.6 Å². The number of rotatable bonds is 5. The highest BCUT2D eigenvalue weighted by molar-refractivity contribution is 5.93. The van der Waals surface area contributed by atoms with Crippen LogP contribution in [-0.4, -0.2) is 15.2 Å². The molecule has 188 valence electrons. The van der Waals surface area contributed by atoms with Crippen LogP contribution in [0.4, 0.5) is 4.39 Å². The van der Waals surface area contributed by atoms with Crippen LogP contribution in [0, 0.1) is 5.82 Å². The predicted octanol–water partition coefficient (Wildman–Crippen LogP) is 8.97. The maximum Gasteiger partial charge on any atom is 0.123 e. The standard InChI is InChI=1S/C35H24FNO2/c36-28-15-16-31(32(19-28)27-17-29(38)20-30(39)18-27)34-22-37-35(26-9-5-2-6-10-26)21-33(34)25-13-11-24(12-14-25)23-7-3-1-4-8-23/h1-22,38-39H. The lowest BCUT2D eigenvalue weighted by Crippen LogP contribution is -1.94. The molecule has 0 radical (unpaired) electrons.